The molecule has 1 aliphatic carbocycles. The van der Waals surface area contributed by atoms with E-state index in [-0.39, 0.29) is 11.7 Å². The van der Waals surface area contributed by atoms with Gasteiger partial charge in [-0.3, -0.25) is 0 Å². The minimum atomic E-state index is -0.427. The van der Waals surface area contributed by atoms with Crippen LogP contribution in [0.4, 0.5) is 4.39 Å². The highest BCUT2D eigenvalue weighted by Crippen LogP contribution is 2.48. The monoisotopic (exact) mass is 303 g/mol. The van der Waals surface area contributed by atoms with Crippen LogP contribution in [0, 0.1) is 11.7 Å². The van der Waals surface area contributed by atoms with Crippen molar-refractivity contribution in [1.82, 2.24) is 0 Å². The van der Waals surface area contributed by atoms with E-state index < -0.39 is 5.97 Å². The van der Waals surface area contributed by atoms with Gasteiger partial charge in [0.1, 0.15) is 10.7 Å². The summed E-state index contributed by atoms with van der Waals surface area (Å²) in [7, 11) is 0. The van der Waals surface area contributed by atoms with Crippen molar-refractivity contribution in [2.45, 2.75) is 19.3 Å². The van der Waals surface area contributed by atoms with Gasteiger partial charge in [0.15, 0.2) is 0 Å². The molecule has 2 unspecified atom stereocenters. The van der Waals surface area contributed by atoms with Crippen LogP contribution in [0.1, 0.15) is 34.5 Å². The van der Waals surface area contributed by atoms with Crippen molar-refractivity contribution in [3.63, 3.8) is 0 Å². The largest absolute Gasteiger partial charge is 0.375 e. The van der Waals surface area contributed by atoms with Crippen molar-refractivity contribution in [1.29, 1.82) is 0 Å². The Morgan fingerprint density at radius 2 is 2.10 bits per heavy atom. The average molecular weight is 303 g/mol. The first-order valence-electron chi connectivity index (χ1n) is 6.70. The number of benzene rings is 1. The number of oxime groups is 1. The molecule has 2 aromatic rings. The molecule has 1 aromatic carbocycles. The third-order valence-electron chi connectivity index (χ3n) is 3.62. The molecule has 0 aliphatic heterocycles. The zero-order chi connectivity index (χ0) is 14.8. The van der Waals surface area contributed by atoms with E-state index in [0.29, 0.717) is 10.8 Å². The topological polar surface area (TPSA) is 38.7 Å². The number of rotatable bonds is 4. The summed E-state index contributed by atoms with van der Waals surface area (Å²) in [6.07, 6.45) is 0.956. The van der Waals surface area contributed by atoms with Crippen LogP contribution in [-0.2, 0) is 4.84 Å². The zero-order valence-corrected chi connectivity index (χ0v) is 12.3. The molecule has 5 heteroatoms. The number of hydrogen-bond donors (Lipinski definition) is 0. The van der Waals surface area contributed by atoms with Crippen molar-refractivity contribution in [2.75, 3.05) is 0 Å². The minimum absolute atomic E-state index is 0.230. The highest BCUT2D eigenvalue weighted by Gasteiger charge is 2.40. The number of hydrogen-bond acceptors (Lipinski definition) is 4. The lowest BCUT2D eigenvalue weighted by Crippen LogP contribution is -2.03. The second kappa shape index (κ2) is 5.77. The molecule has 3 nitrogen and oxygen atoms in total. The van der Waals surface area contributed by atoms with Crippen LogP contribution in [0.25, 0.3) is 0 Å². The van der Waals surface area contributed by atoms with Crippen molar-refractivity contribution in [3.8, 4) is 0 Å². The maximum absolute atomic E-state index is 12.9. The third-order valence-corrected chi connectivity index (χ3v) is 4.47. The maximum Gasteiger partial charge on any atom is 0.375 e. The summed E-state index contributed by atoms with van der Waals surface area (Å²) < 4.78 is 12.9. The van der Waals surface area contributed by atoms with Crippen LogP contribution in [0.5, 0.6) is 0 Å². The molecule has 1 fully saturated rings. The van der Waals surface area contributed by atoms with Gasteiger partial charge in [-0.1, -0.05) is 23.4 Å². The van der Waals surface area contributed by atoms with Gasteiger partial charge in [-0.25, -0.2) is 9.18 Å². The van der Waals surface area contributed by atoms with Gasteiger partial charge in [0.2, 0.25) is 0 Å². The van der Waals surface area contributed by atoms with Gasteiger partial charge in [-0.05, 0) is 48.4 Å². The Labute approximate surface area is 126 Å². The van der Waals surface area contributed by atoms with Crippen LogP contribution >= 0.6 is 11.3 Å². The Balaban J connectivity index is 1.59. The van der Waals surface area contributed by atoms with E-state index in [9.17, 15) is 9.18 Å². The van der Waals surface area contributed by atoms with Gasteiger partial charge in [-0.2, -0.15) is 0 Å². The Morgan fingerprint density at radius 3 is 2.76 bits per heavy atom. The van der Waals surface area contributed by atoms with E-state index in [1.54, 1.807) is 24.3 Å². The van der Waals surface area contributed by atoms with Gasteiger partial charge < -0.3 is 4.84 Å². The van der Waals surface area contributed by atoms with Crippen LogP contribution < -0.4 is 0 Å². The van der Waals surface area contributed by atoms with Crippen molar-refractivity contribution in [2.24, 2.45) is 11.1 Å². The van der Waals surface area contributed by atoms with E-state index in [1.807, 2.05) is 12.3 Å². The van der Waals surface area contributed by atoms with E-state index in [1.165, 1.54) is 23.5 Å². The molecule has 3 rings (SSSR count). The van der Waals surface area contributed by atoms with Crippen LogP contribution in [0.2, 0.25) is 0 Å². The number of nitrogens with zero attached hydrogens (tertiary/aromatic N) is 1. The highest BCUT2D eigenvalue weighted by molar-refractivity contribution is 7.11. The SMILES string of the molecule is C/C(=N/OC(=O)c1cccs1)C1CC1c1ccc(F)cc1. The average Bonchev–Trinajstić information content (AvgIpc) is 3.09. The Bertz CT molecular complexity index is 664. The molecule has 0 spiro atoms. The lowest BCUT2D eigenvalue weighted by molar-refractivity contribution is 0.0520. The van der Waals surface area contributed by atoms with Crippen molar-refractivity contribution >= 4 is 23.0 Å². The van der Waals surface area contributed by atoms with Crippen LogP contribution in [0.15, 0.2) is 46.9 Å². The minimum Gasteiger partial charge on any atom is -0.312 e. The fourth-order valence-electron chi connectivity index (χ4n) is 2.36. The van der Waals surface area contributed by atoms with Gasteiger partial charge in [0.25, 0.3) is 0 Å². The first-order valence-corrected chi connectivity index (χ1v) is 7.58. The van der Waals surface area contributed by atoms with Gasteiger partial charge in [0, 0.05) is 5.92 Å². The predicted molar refractivity (Wildman–Crippen MR) is 80.1 cm³/mol. The zero-order valence-electron chi connectivity index (χ0n) is 11.5. The molecule has 21 heavy (non-hydrogen) atoms. The third kappa shape index (κ3) is 3.19. The smallest absolute Gasteiger partial charge is 0.312 e. The predicted octanol–water partition coefficient (Wildman–Crippen LogP) is 4.22. The second-order valence-electron chi connectivity index (χ2n) is 5.09. The number of thiophene rings is 1. The molecule has 108 valence electrons. The summed E-state index contributed by atoms with van der Waals surface area (Å²) in [6.45, 7) is 1.86. The number of carbonyl (C=O) groups is 1. The number of carbonyl (C=O) groups excluding carboxylic acids is 1. The van der Waals surface area contributed by atoms with Gasteiger partial charge >= 0.3 is 5.97 Å². The fourth-order valence-corrected chi connectivity index (χ4v) is 2.95. The van der Waals surface area contributed by atoms with E-state index in [0.717, 1.165) is 17.7 Å². The first kappa shape index (κ1) is 13.9. The Morgan fingerprint density at radius 1 is 1.33 bits per heavy atom. The summed E-state index contributed by atoms with van der Waals surface area (Å²) in [5.74, 6) is -0.0454. The molecule has 0 saturated heterocycles. The van der Waals surface area contributed by atoms with Crippen molar-refractivity contribution in [3.05, 3.63) is 58.0 Å². The second-order valence-corrected chi connectivity index (χ2v) is 6.04. The molecule has 1 saturated carbocycles. The summed E-state index contributed by atoms with van der Waals surface area (Å²) in [6, 6.07) is 10.0. The van der Waals surface area contributed by atoms with E-state index >= 15 is 0 Å². The molecule has 2 atom stereocenters. The number of halogens is 1. The lowest BCUT2D eigenvalue weighted by atomic mass is 10.1. The molecule has 1 aromatic heterocycles. The fraction of sp³-hybridized carbons (Fsp3) is 0.250. The molecule has 0 amide bonds. The quantitative estimate of drug-likeness (QED) is 0.482. The Kier molecular flexibility index (Phi) is 3.84. The van der Waals surface area contributed by atoms with Gasteiger partial charge in [0.05, 0.1) is 5.71 Å². The molecule has 0 radical (unpaired) electrons. The lowest BCUT2D eigenvalue weighted by Gasteiger charge is -2.01. The highest BCUT2D eigenvalue weighted by atomic mass is 32.1. The molecule has 0 bridgehead atoms. The summed E-state index contributed by atoms with van der Waals surface area (Å²) in [5.41, 5.74) is 1.90. The summed E-state index contributed by atoms with van der Waals surface area (Å²) in [5, 5.41) is 5.75. The first-order chi connectivity index (χ1) is 10.1. The normalized spacial score (nSPS) is 21.1. The molecule has 0 N–H and O–H groups in total. The molecular formula is C16H14FNO2S. The van der Waals surface area contributed by atoms with E-state index in [4.69, 9.17) is 4.84 Å². The standard InChI is InChI=1S/C16H14FNO2S/c1-10(18-20-16(19)15-3-2-8-21-15)13-9-14(13)11-4-6-12(17)7-5-11/h2-8,13-14H,9H2,1H3/b18-10-. The Hall–Kier alpha value is -2.01. The van der Waals surface area contributed by atoms with Crippen LogP contribution in [-0.4, -0.2) is 11.7 Å². The summed E-state index contributed by atoms with van der Waals surface area (Å²) in [4.78, 5) is 17.2. The van der Waals surface area contributed by atoms with Crippen molar-refractivity contribution < 1.29 is 14.0 Å². The maximum atomic E-state index is 12.9. The molecule has 1 heterocycles. The van der Waals surface area contributed by atoms with E-state index in [2.05, 4.69) is 5.16 Å². The summed E-state index contributed by atoms with van der Waals surface area (Å²) >= 11 is 1.33. The molecular weight excluding hydrogens is 289 g/mol. The molecule has 1 aliphatic rings. The van der Waals surface area contributed by atoms with Gasteiger partial charge in [-0.15, -0.1) is 11.3 Å². The van der Waals surface area contributed by atoms with Crippen LogP contribution in [0.3, 0.4) is 0 Å².